The number of carbonyl (C=O) groups excluding carboxylic acids is 1. The molecule has 22 heavy (non-hydrogen) atoms. The van der Waals surface area contributed by atoms with E-state index in [4.69, 9.17) is 0 Å². The van der Waals surface area contributed by atoms with Crippen LogP contribution in [0.15, 0.2) is 38.4 Å². The summed E-state index contributed by atoms with van der Waals surface area (Å²) in [5.41, 5.74) is 1.27. The topological polar surface area (TPSA) is 20.3 Å². The summed E-state index contributed by atoms with van der Waals surface area (Å²) < 4.78 is 2.77. The van der Waals surface area contributed by atoms with E-state index in [-0.39, 0.29) is 20.5 Å². The van der Waals surface area contributed by atoms with Gasteiger partial charge in [0.2, 0.25) is 0 Å². The summed E-state index contributed by atoms with van der Waals surface area (Å²) >= 11 is 2.45. The molecule has 0 radical (unpaired) electrons. The summed E-state index contributed by atoms with van der Waals surface area (Å²) in [4.78, 5) is 14.9. The van der Waals surface area contributed by atoms with Gasteiger partial charge in [-0.3, -0.25) is 0 Å². The molecule has 1 saturated heterocycles. The normalized spacial score (nSPS) is 19.6. The first kappa shape index (κ1) is 18.0. The van der Waals surface area contributed by atoms with Crippen LogP contribution in [0, 0.1) is 0 Å². The molecular weight excluding hydrogens is 452 g/mol. The molecule has 1 amide bonds. The van der Waals surface area contributed by atoms with E-state index in [0.29, 0.717) is 4.81 Å². The van der Waals surface area contributed by atoms with Crippen molar-refractivity contribution in [2.75, 3.05) is 6.54 Å². The van der Waals surface area contributed by atoms with Gasteiger partial charge in [0.15, 0.2) is 0 Å². The van der Waals surface area contributed by atoms with Crippen LogP contribution in [0.25, 0.3) is 0 Å². The van der Waals surface area contributed by atoms with Crippen LogP contribution in [0.2, 0.25) is 0 Å². The molecule has 2 nitrogen and oxygen atoms in total. The Morgan fingerprint density at radius 2 is 1.95 bits per heavy atom. The number of aryl methyl sites for hydroxylation is 1. The van der Waals surface area contributed by atoms with Crippen molar-refractivity contribution in [2.24, 2.45) is 0 Å². The average molecular weight is 476 g/mol. The van der Waals surface area contributed by atoms with Crippen LogP contribution in [0.1, 0.15) is 45.6 Å². The number of allylic oxidation sites excluding steroid dienone is 1. The Morgan fingerprint density at radius 3 is 2.59 bits per heavy atom. The van der Waals surface area contributed by atoms with Crippen molar-refractivity contribution < 1.29 is 4.79 Å². The maximum absolute atomic E-state index is 12.4. The number of hydrogen-bond acceptors (Lipinski definition) is 1. The molecule has 120 valence electrons. The molecule has 1 aliphatic rings. The second kappa shape index (κ2) is 7.98. The van der Waals surface area contributed by atoms with Gasteiger partial charge in [0.05, 0.1) is 0 Å². The van der Waals surface area contributed by atoms with Crippen molar-refractivity contribution in [3.63, 3.8) is 0 Å². The van der Waals surface area contributed by atoms with Crippen molar-refractivity contribution in [3.05, 3.63) is 43.9 Å². The van der Waals surface area contributed by atoms with Gasteiger partial charge in [-0.2, -0.15) is 0 Å². The number of benzene rings is 1. The third-order valence-electron chi connectivity index (χ3n) is 4.10. The molecule has 2 rings (SSSR count). The van der Waals surface area contributed by atoms with Crippen molar-refractivity contribution in [2.45, 2.75) is 52.0 Å². The van der Waals surface area contributed by atoms with Gasteiger partial charge < -0.3 is 0 Å². The Kier molecular flexibility index (Phi) is 6.54. The number of amides is 1. The standard InChI is InChI=1S/C18H24INOSe/c1-4-5-13-20-17(21)22-16(18(20,2)3)15(19)12-11-14-9-7-6-8-10-14/h6-10H,4-5,11-13H2,1-3H3/b16-15+. The van der Waals surface area contributed by atoms with Crippen LogP contribution < -0.4 is 0 Å². The molecule has 1 aromatic carbocycles. The monoisotopic (exact) mass is 477 g/mol. The second-order valence-corrected chi connectivity index (χ2v) is 9.47. The van der Waals surface area contributed by atoms with Gasteiger partial charge in [-0.25, -0.2) is 0 Å². The Hall–Kier alpha value is -0.321. The number of halogens is 1. The molecule has 1 heterocycles. The van der Waals surface area contributed by atoms with Gasteiger partial charge >= 0.3 is 155 Å². The fourth-order valence-electron chi connectivity index (χ4n) is 2.70. The molecule has 1 aliphatic heterocycles. The predicted octanol–water partition coefficient (Wildman–Crippen LogP) is 4.98. The summed E-state index contributed by atoms with van der Waals surface area (Å²) in [6.45, 7) is 7.51. The summed E-state index contributed by atoms with van der Waals surface area (Å²) in [7, 11) is 0. The van der Waals surface area contributed by atoms with Crippen LogP contribution in [-0.4, -0.2) is 36.7 Å². The van der Waals surface area contributed by atoms with Gasteiger partial charge in [0, 0.05) is 0 Å². The Bertz CT molecular complexity index is 553. The van der Waals surface area contributed by atoms with Gasteiger partial charge in [0.25, 0.3) is 0 Å². The van der Waals surface area contributed by atoms with E-state index >= 15 is 0 Å². The first-order valence-corrected chi connectivity index (χ1v) is 10.7. The van der Waals surface area contributed by atoms with Crippen LogP contribution >= 0.6 is 22.6 Å². The molecule has 0 aliphatic carbocycles. The van der Waals surface area contributed by atoms with Crippen molar-refractivity contribution >= 4 is 42.4 Å². The second-order valence-electron chi connectivity index (χ2n) is 6.15. The maximum atomic E-state index is 12.4. The van der Waals surface area contributed by atoms with Crippen LogP contribution in [0.4, 0.5) is 4.79 Å². The SMILES string of the molecule is CCCCN1C(=O)[Se]/C(=C(/I)CCc2ccccc2)C1(C)C. The Labute approximate surface area is 154 Å². The molecular formula is C18H24INOSe. The number of carbonyl (C=O) groups is 1. The fraction of sp³-hybridized carbons (Fsp3) is 0.500. The zero-order chi connectivity index (χ0) is 16.2. The quantitative estimate of drug-likeness (QED) is 0.419. The zero-order valence-corrected chi connectivity index (χ0v) is 17.4. The van der Waals surface area contributed by atoms with E-state index in [1.807, 2.05) is 0 Å². The van der Waals surface area contributed by atoms with E-state index < -0.39 is 0 Å². The van der Waals surface area contributed by atoms with Crippen molar-refractivity contribution in [3.8, 4) is 0 Å². The number of hydrogen-bond donors (Lipinski definition) is 0. The Balaban J connectivity index is 2.10. The molecule has 0 saturated carbocycles. The minimum absolute atomic E-state index is 0.0234. The number of nitrogens with zero attached hydrogens (tertiary/aromatic N) is 1. The summed E-state index contributed by atoms with van der Waals surface area (Å²) in [6.07, 6.45) is 4.33. The van der Waals surface area contributed by atoms with Gasteiger partial charge in [-0.1, -0.05) is 0 Å². The predicted molar refractivity (Wildman–Crippen MR) is 103 cm³/mol. The van der Waals surface area contributed by atoms with Crippen LogP contribution in [0.5, 0.6) is 0 Å². The van der Waals surface area contributed by atoms with E-state index in [0.717, 1.165) is 32.2 Å². The molecule has 1 aromatic rings. The zero-order valence-electron chi connectivity index (χ0n) is 13.6. The molecule has 0 bridgehead atoms. The molecule has 1 fully saturated rings. The van der Waals surface area contributed by atoms with E-state index in [2.05, 4.69) is 78.6 Å². The van der Waals surface area contributed by atoms with Gasteiger partial charge in [-0.15, -0.1) is 0 Å². The Morgan fingerprint density at radius 1 is 1.27 bits per heavy atom. The van der Waals surface area contributed by atoms with E-state index in [1.165, 1.54) is 13.6 Å². The van der Waals surface area contributed by atoms with Crippen molar-refractivity contribution in [1.29, 1.82) is 0 Å². The van der Waals surface area contributed by atoms with Crippen molar-refractivity contribution in [1.82, 2.24) is 4.90 Å². The molecule has 0 N–H and O–H groups in total. The first-order chi connectivity index (χ1) is 10.5. The summed E-state index contributed by atoms with van der Waals surface area (Å²) in [5, 5.41) is 0. The molecule has 0 unspecified atom stereocenters. The van der Waals surface area contributed by atoms with Gasteiger partial charge in [0.1, 0.15) is 0 Å². The average Bonchev–Trinajstić information content (AvgIpc) is 2.73. The summed E-state index contributed by atoms with van der Waals surface area (Å²) in [5.74, 6) is 0. The van der Waals surface area contributed by atoms with E-state index in [9.17, 15) is 4.79 Å². The molecule has 4 heteroatoms. The third-order valence-corrected chi connectivity index (χ3v) is 8.82. The molecule has 0 atom stereocenters. The van der Waals surface area contributed by atoms with E-state index in [1.54, 1.807) is 0 Å². The summed E-state index contributed by atoms with van der Waals surface area (Å²) in [6, 6.07) is 10.6. The number of rotatable bonds is 6. The third kappa shape index (κ3) is 4.15. The molecule has 0 spiro atoms. The first-order valence-electron chi connectivity index (χ1n) is 7.89. The fourth-order valence-corrected chi connectivity index (χ4v) is 6.68. The van der Waals surface area contributed by atoms with Gasteiger partial charge in [-0.05, 0) is 0 Å². The number of unbranched alkanes of at least 4 members (excludes halogenated alkanes) is 1. The van der Waals surface area contributed by atoms with Crippen LogP contribution in [-0.2, 0) is 6.42 Å². The molecule has 0 aromatic heterocycles. The van der Waals surface area contributed by atoms with Crippen LogP contribution in [0.3, 0.4) is 0 Å². The minimum atomic E-state index is -0.0978.